The summed E-state index contributed by atoms with van der Waals surface area (Å²) in [5.41, 5.74) is 14.0. The summed E-state index contributed by atoms with van der Waals surface area (Å²) in [6.45, 7) is 3.43. The fourth-order valence-corrected chi connectivity index (χ4v) is 1.13. The Bertz CT molecular complexity index is 238. The lowest BCUT2D eigenvalue weighted by atomic mass is 10.2. The van der Waals surface area contributed by atoms with Gasteiger partial charge in [-0.3, -0.25) is 0 Å². The quantitative estimate of drug-likeness (QED) is 0.584. The van der Waals surface area contributed by atoms with Crippen molar-refractivity contribution in [2.75, 3.05) is 24.1 Å². The first kappa shape index (κ1) is 8.87. The van der Waals surface area contributed by atoms with Gasteiger partial charge in [0.25, 0.3) is 0 Å². The molecule has 1 aromatic rings. The number of benzene rings is 1. The molecule has 0 saturated carbocycles. The van der Waals surface area contributed by atoms with Gasteiger partial charge in [0.2, 0.25) is 0 Å². The van der Waals surface area contributed by atoms with Crippen LogP contribution in [0, 0.1) is 6.92 Å². The van der Waals surface area contributed by atoms with Gasteiger partial charge in [-0.15, -0.1) is 0 Å². The van der Waals surface area contributed by atoms with Gasteiger partial charge < -0.3 is 16.8 Å². The molecule has 0 aliphatic carbocycles. The standard InChI is InChI=1S/C9H15N3/c1-7-4-8(11)6-9(5-7)12-3-2-10/h4-6,12H,2-3,10-11H2,1H3. The third kappa shape index (κ3) is 2.43. The van der Waals surface area contributed by atoms with E-state index in [9.17, 15) is 0 Å². The van der Waals surface area contributed by atoms with Crippen LogP contribution in [-0.4, -0.2) is 13.1 Å². The van der Waals surface area contributed by atoms with Gasteiger partial charge in [-0.25, -0.2) is 0 Å². The van der Waals surface area contributed by atoms with Crippen molar-refractivity contribution in [3.05, 3.63) is 23.8 Å². The van der Waals surface area contributed by atoms with Crippen LogP contribution in [0.3, 0.4) is 0 Å². The van der Waals surface area contributed by atoms with Gasteiger partial charge in [-0.2, -0.15) is 0 Å². The summed E-state index contributed by atoms with van der Waals surface area (Å²) < 4.78 is 0. The highest BCUT2D eigenvalue weighted by molar-refractivity contribution is 5.56. The first-order valence-electron chi connectivity index (χ1n) is 4.03. The fourth-order valence-electron chi connectivity index (χ4n) is 1.13. The highest BCUT2D eigenvalue weighted by atomic mass is 14.9. The molecule has 0 fully saturated rings. The van der Waals surface area contributed by atoms with E-state index in [4.69, 9.17) is 11.5 Å². The molecular formula is C9H15N3. The second kappa shape index (κ2) is 3.97. The lowest BCUT2D eigenvalue weighted by molar-refractivity contribution is 1.02. The van der Waals surface area contributed by atoms with Crippen molar-refractivity contribution in [3.8, 4) is 0 Å². The number of hydrogen-bond acceptors (Lipinski definition) is 3. The van der Waals surface area contributed by atoms with Crippen molar-refractivity contribution >= 4 is 11.4 Å². The molecule has 5 N–H and O–H groups in total. The molecule has 0 spiro atoms. The summed E-state index contributed by atoms with van der Waals surface area (Å²) in [5, 5.41) is 3.17. The topological polar surface area (TPSA) is 64.1 Å². The van der Waals surface area contributed by atoms with Crippen LogP contribution in [0.25, 0.3) is 0 Å². The molecule has 0 heterocycles. The zero-order chi connectivity index (χ0) is 8.97. The van der Waals surface area contributed by atoms with E-state index in [2.05, 4.69) is 5.32 Å². The fraction of sp³-hybridized carbons (Fsp3) is 0.333. The van der Waals surface area contributed by atoms with Crippen molar-refractivity contribution in [3.63, 3.8) is 0 Å². The summed E-state index contributed by atoms with van der Waals surface area (Å²) in [5.74, 6) is 0. The number of aryl methyl sites for hydroxylation is 1. The SMILES string of the molecule is Cc1cc(N)cc(NCCN)c1. The molecule has 66 valence electrons. The van der Waals surface area contributed by atoms with Gasteiger partial charge in [-0.1, -0.05) is 0 Å². The maximum atomic E-state index is 5.66. The molecule has 0 aliphatic rings. The van der Waals surface area contributed by atoms with Crippen LogP contribution in [0.4, 0.5) is 11.4 Å². The number of anilines is 2. The molecule has 0 bridgehead atoms. The molecule has 0 amide bonds. The van der Waals surface area contributed by atoms with Gasteiger partial charge >= 0.3 is 0 Å². The lowest BCUT2D eigenvalue weighted by Crippen LogP contribution is -2.13. The van der Waals surface area contributed by atoms with Gasteiger partial charge in [-0.05, 0) is 30.7 Å². The lowest BCUT2D eigenvalue weighted by Gasteiger charge is -2.06. The Morgan fingerprint density at radius 2 is 2.08 bits per heavy atom. The molecule has 3 heteroatoms. The smallest absolute Gasteiger partial charge is 0.0363 e. The van der Waals surface area contributed by atoms with Crippen LogP contribution >= 0.6 is 0 Å². The normalized spacial score (nSPS) is 9.83. The minimum absolute atomic E-state index is 0.633. The van der Waals surface area contributed by atoms with Crippen LogP contribution in [0.1, 0.15) is 5.56 Å². The summed E-state index contributed by atoms with van der Waals surface area (Å²) in [6.07, 6.45) is 0. The van der Waals surface area contributed by atoms with E-state index < -0.39 is 0 Å². The predicted octanol–water partition coefficient (Wildman–Crippen LogP) is 0.948. The molecule has 12 heavy (non-hydrogen) atoms. The number of hydrogen-bond donors (Lipinski definition) is 3. The van der Waals surface area contributed by atoms with Crippen molar-refractivity contribution < 1.29 is 0 Å². The minimum Gasteiger partial charge on any atom is -0.399 e. The van der Waals surface area contributed by atoms with Crippen LogP contribution in [0.2, 0.25) is 0 Å². The van der Waals surface area contributed by atoms with Crippen LogP contribution in [0.15, 0.2) is 18.2 Å². The van der Waals surface area contributed by atoms with Crippen LogP contribution < -0.4 is 16.8 Å². The average Bonchev–Trinajstić information content (AvgIpc) is 1.99. The molecule has 3 nitrogen and oxygen atoms in total. The third-order valence-electron chi connectivity index (χ3n) is 1.57. The van der Waals surface area contributed by atoms with Crippen molar-refractivity contribution in [1.29, 1.82) is 0 Å². The summed E-state index contributed by atoms with van der Waals surface area (Å²) in [4.78, 5) is 0. The molecule has 1 aromatic carbocycles. The predicted molar refractivity (Wildman–Crippen MR) is 53.1 cm³/mol. The van der Waals surface area contributed by atoms with Crippen LogP contribution in [0.5, 0.6) is 0 Å². The molecule has 0 aromatic heterocycles. The molecule has 0 aliphatic heterocycles. The highest BCUT2D eigenvalue weighted by Gasteiger charge is 1.93. The third-order valence-corrected chi connectivity index (χ3v) is 1.57. The Labute approximate surface area is 72.8 Å². The average molecular weight is 165 g/mol. The largest absolute Gasteiger partial charge is 0.399 e. The van der Waals surface area contributed by atoms with Crippen molar-refractivity contribution in [2.45, 2.75) is 6.92 Å². The first-order valence-corrected chi connectivity index (χ1v) is 4.03. The summed E-state index contributed by atoms with van der Waals surface area (Å²) >= 11 is 0. The minimum atomic E-state index is 0.633. The van der Waals surface area contributed by atoms with Gasteiger partial charge in [0.1, 0.15) is 0 Å². The molecule has 0 saturated heterocycles. The first-order chi connectivity index (χ1) is 5.72. The molecule has 0 unspecified atom stereocenters. The number of nitrogen functional groups attached to an aromatic ring is 1. The van der Waals surface area contributed by atoms with Crippen molar-refractivity contribution in [2.24, 2.45) is 5.73 Å². The molecule has 0 atom stereocenters. The number of rotatable bonds is 3. The highest BCUT2D eigenvalue weighted by Crippen LogP contribution is 2.15. The Hall–Kier alpha value is -1.22. The second-order valence-corrected chi connectivity index (χ2v) is 2.85. The van der Waals surface area contributed by atoms with Gasteiger partial charge in [0.15, 0.2) is 0 Å². The summed E-state index contributed by atoms with van der Waals surface area (Å²) in [7, 11) is 0. The molecular weight excluding hydrogens is 150 g/mol. The maximum absolute atomic E-state index is 5.66. The van der Waals surface area contributed by atoms with E-state index in [1.807, 2.05) is 25.1 Å². The summed E-state index contributed by atoms with van der Waals surface area (Å²) in [6, 6.07) is 5.89. The van der Waals surface area contributed by atoms with E-state index in [-0.39, 0.29) is 0 Å². The number of nitrogens with two attached hydrogens (primary N) is 2. The number of nitrogens with one attached hydrogen (secondary N) is 1. The zero-order valence-electron chi connectivity index (χ0n) is 7.30. The van der Waals surface area contributed by atoms with E-state index in [0.717, 1.165) is 23.5 Å². The Kier molecular flexibility index (Phi) is 2.94. The van der Waals surface area contributed by atoms with E-state index in [0.29, 0.717) is 6.54 Å². The second-order valence-electron chi connectivity index (χ2n) is 2.85. The van der Waals surface area contributed by atoms with Gasteiger partial charge in [0, 0.05) is 24.5 Å². The Morgan fingerprint density at radius 3 is 2.67 bits per heavy atom. The van der Waals surface area contributed by atoms with E-state index in [1.165, 1.54) is 0 Å². The van der Waals surface area contributed by atoms with E-state index in [1.54, 1.807) is 0 Å². The molecule has 0 radical (unpaired) electrons. The zero-order valence-corrected chi connectivity index (χ0v) is 7.30. The Morgan fingerprint density at radius 1 is 1.33 bits per heavy atom. The van der Waals surface area contributed by atoms with E-state index >= 15 is 0 Å². The van der Waals surface area contributed by atoms with Gasteiger partial charge in [0.05, 0.1) is 0 Å². The monoisotopic (exact) mass is 165 g/mol. The maximum Gasteiger partial charge on any atom is 0.0363 e. The van der Waals surface area contributed by atoms with Crippen LogP contribution in [-0.2, 0) is 0 Å². The van der Waals surface area contributed by atoms with Crippen molar-refractivity contribution in [1.82, 2.24) is 0 Å². The Balaban J connectivity index is 2.72. The molecule has 1 rings (SSSR count).